The summed E-state index contributed by atoms with van der Waals surface area (Å²) in [7, 11) is -3.16. The van der Waals surface area contributed by atoms with Gasteiger partial charge in [-0.2, -0.15) is 0 Å². The summed E-state index contributed by atoms with van der Waals surface area (Å²) < 4.78 is 27.8. The van der Waals surface area contributed by atoms with Crippen LogP contribution in [0.2, 0.25) is 0 Å². The topological polar surface area (TPSA) is 58.2 Å². The number of fused-ring (bicyclic) bond motifs is 2. The molecule has 3 atom stereocenters. The molecule has 124 valence electrons. The highest BCUT2D eigenvalue weighted by molar-refractivity contribution is 7.89. The van der Waals surface area contributed by atoms with E-state index in [4.69, 9.17) is 0 Å². The molecular formula is C16H32N2O2S. The van der Waals surface area contributed by atoms with E-state index < -0.39 is 10.0 Å². The lowest BCUT2D eigenvalue weighted by Crippen LogP contribution is -2.52. The van der Waals surface area contributed by atoms with E-state index >= 15 is 0 Å². The highest BCUT2D eigenvalue weighted by Crippen LogP contribution is 2.62. The molecule has 0 spiro atoms. The first-order valence-corrected chi connectivity index (χ1v) is 10.1. The molecule has 0 heterocycles. The normalized spacial score (nSPS) is 34.5. The molecular weight excluding hydrogens is 284 g/mol. The molecule has 0 aromatic heterocycles. The molecule has 0 aliphatic heterocycles. The maximum atomic E-state index is 12.4. The third-order valence-electron chi connectivity index (χ3n) is 5.83. The fourth-order valence-corrected chi connectivity index (χ4v) is 6.20. The molecule has 2 N–H and O–H groups in total. The molecule has 4 nitrogen and oxygen atoms in total. The number of nitrogens with one attached hydrogen (secondary N) is 2. The summed E-state index contributed by atoms with van der Waals surface area (Å²) >= 11 is 0. The largest absolute Gasteiger partial charge is 0.317 e. The zero-order valence-electron chi connectivity index (χ0n) is 14.0. The molecule has 5 heteroatoms. The maximum absolute atomic E-state index is 12.4. The van der Waals surface area contributed by atoms with E-state index in [2.05, 4.69) is 37.7 Å². The van der Waals surface area contributed by atoms with Crippen LogP contribution < -0.4 is 10.0 Å². The lowest BCUT2D eigenvalue weighted by molar-refractivity contribution is 0.127. The molecule has 2 fully saturated rings. The van der Waals surface area contributed by atoms with Crippen molar-refractivity contribution in [1.29, 1.82) is 0 Å². The highest BCUT2D eigenvalue weighted by atomic mass is 32.2. The molecule has 0 aromatic rings. The molecule has 0 aromatic carbocycles. The van der Waals surface area contributed by atoms with Crippen molar-refractivity contribution in [2.24, 2.45) is 16.7 Å². The number of sulfonamides is 1. The smallest absolute Gasteiger partial charge is 0.211 e. The summed E-state index contributed by atoms with van der Waals surface area (Å²) in [6.45, 7) is 10.7. The zero-order valence-corrected chi connectivity index (χ0v) is 14.9. The van der Waals surface area contributed by atoms with Gasteiger partial charge in [-0.25, -0.2) is 13.1 Å². The number of hydrogen-bond donors (Lipinski definition) is 2. The van der Waals surface area contributed by atoms with Gasteiger partial charge in [-0.05, 0) is 61.9 Å². The number of unbranched alkanes of at least 4 members (excludes halogenated alkanes) is 1. The van der Waals surface area contributed by atoms with E-state index in [0.29, 0.717) is 5.92 Å². The molecule has 2 rings (SSSR count). The first-order valence-electron chi connectivity index (χ1n) is 8.42. The van der Waals surface area contributed by atoms with Crippen LogP contribution in [0.5, 0.6) is 0 Å². The van der Waals surface area contributed by atoms with Crippen molar-refractivity contribution in [3.8, 4) is 0 Å². The Kier molecular flexibility index (Phi) is 5.06. The van der Waals surface area contributed by atoms with E-state index in [1.54, 1.807) is 0 Å². The summed E-state index contributed by atoms with van der Waals surface area (Å²) in [4.78, 5) is 0. The Hall–Kier alpha value is -0.130. The first-order chi connectivity index (χ1) is 9.71. The van der Waals surface area contributed by atoms with Crippen molar-refractivity contribution < 1.29 is 8.42 Å². The number of rotatable bonds is 8. The number of hydrogen-bond acceptors (Lipinski definition) is 3. The molecule has 2 aliphatic rings. The van der Waals surface area contributed by atoms with Crippen LogP contribution in [-0.2, 0) is 10.0 Å². The lowest BCUT2D eigenvalue weighted by Gasteiger charge is -2.42. The second-order valence-corrected chi connectivity index (χ2v) is 9.72. The Bertz CT molecular complexity index is 456. The Morgan fingerprint density at radius 2 is 1.90 bits per heavy atom. The molecule has 0 radical (unpaired) electrons. The van der Waals surface area contributed by atoms with Gasteiger partial charge in [0.25, 0.3) is 0 Å². The SMILES string of the molecule is CCNCCCCS(=O)(=O)NC1C2(C)CCC(C2)C1(C)C. The fourth-order valence-electron chi connectivity index (χ4n) is 4.55. The van der Waals surface area contributed by atoms with Gasteiger partial charge in [0.15, 0.2) is 0 Å². The lowest BCUT2D eigenvalue weighted by atomic mass is 9.69. The standard InChI is InChI=1S/C16H32N2O2S/c1-5-17-10-6-7-11-21(19,20)18-14-15(2,3)13-8-9-16(14,4)12-13/h13-14,17-18H,5-12H2,1-4H3. The minimum atomic E-state index is -3.16. The Balaban J connectivity index is 1.91. The van der Waals surface area contributed by atoms with Crippen LogP contribution in [-0.4, -0.2) is 33.3 Å². The van der Waals surface area contributed by atoms with Gasteiger partial charge in [-0.15, -0.1) is 0 Å². The van der Waals surface area contributed by atoms with E-state index in [9.17, 15) is 8.42 Å². The van der Waals surface area contributed by atoms with Crippen molar-refractivity contribution in [3.05, 3.63) is 0 Å². The second-order valence-electron chi connectivity index (χ2n) is 7.85. The molecule has 0 saturated heterocycles. The van der Waals surface area contributed by atoms with Gasteiger partial charge in [0.1, 0.15) is 0 Å². The average molecular weight is 317 g/mol. The van der Waals surface area contributed by atoms with E-state index in [-0.39, 0.29) is 22.6 Å². The van der Waals surface area contributed by atoms with Crippen LogP contribution >= 0.6 is 0 Å². The fraction of sp³-hybridized carbons (Fsp3) is 1.00. The van der Waals surface area contributed by atoms with Gasteiger partial charge in [0.05, 0.1) is 5.75 Å². The summed E-state index contributed by atoms with van der Waals surface area (Å²) in [6.07, 6.45) is 5.24. The van der Waals surface area contributed by atoms with Crippen molar-refractivity contribution in [3.63, 3.8) is 0 Å². The average Bonchev–Trinajstić information content (AvgIpc) is 2.86. The van der Waals surface area contributed by atoms with Gasteiger partial charge in [-0.1, -0.05) is 27.7 Å². The maximum Gasteiger partial charge on any atom is 0.211 e. The molecule has 21 heavy (non-hydrogen) atoms. The van der Waals surface area contributed by atoms with Crippen LogP contribution in [0.25, 0.3) is 0 Å². The zero-order chi connectivity index (χ0) is 15.7. The summed E-state index contributed by atoms with van der Waals surface area (Å²) in [5.74, 6) is 0.926. The van der Waals surface area contributed by atoms with E-state index in [1.807, 2.05) is 0 Å². The van der Waals surface area contributed by atoms with Crippen LogP contribution in [0.4, 0.5) is 0 Å². The van der Waals surface area contributed by atoms with Crippen molar-refractivity contribution in [2.75, 3.05) is 18.8 Å². The molecule has 2 bridgehead atoms. The van der Waals surface area contributed by atoms with Gasteiger partial charge in [0, 0.05) is 6.04 Å². The predicted octanol–water partition coefficient (Wildman–Crippen LogP) is 2.51. The van der Waals surface area contributed by atoms with Crippen molar-refractivity contribution >= 4 is 10.0 Å². The van der Waals surface area contributed by atoms with Crippen LogP contribution in [0.15, 0.2) is 0 Å². The Labute approximate surface area is 130 Å². The summed E-state index contributed by atoms with van der Waals surface area (Å²) in [6, 6.07) is 0.0996. The molecule has 2 saturated carbocycles. The summed E-state index contributed by atoms with van der Waals surface area (Å²) in [5, 5.41) is 3.23. The highest BCUT2D eigenvalue weighted by Gasteiger charge is 2.60. The summed E-state index contributed by atoms with van der Waals surface area (Å²) in [5.41, 5.74) is 0.245. The van der Waals surface area contributed by atoms with Gasteiger partial charge < -0.3 is 5.32 Å². The Morgan fingerprint density at radius 1 is 1.19 bits per heavy atom. The first kappa shape index (κ1) is 17.2. The second kappa shape index (κ2) is 6.17. The van der Waals surface area contributed by atoms with Crippen LogP contribution in [0.3, 0.4) is 0 Å². The van der Waals surface area contributed by atoms with Crippen molar-refractivity contribution in [1.82, 2.24) is 10.0 Å². The molecule has 2 aliphatic carbocycles. The third-order valence-corrected chi connectivity index (χ3v) is 7.25. The van der Waals surface area contributed by atoms with Crippen molar-refractivity contribution in [2.45, 2.75) is 65.8 Å². The van der Waals surface area contributed by atoms with E-state index in [0.717, 1.165) is 32.4 Å². The third kappa shape index (κ3) is 3.62. The molecule has 0 amide bonds. The van der Waals surface area contributed by atoms with Gasteiger partial charge >= 0.3 is 0 Å². The quantitative estimate of drug-likeness (QED) is 0.677. The van der Waals surface area contributed by atoms with Gasteiger partial charge in [0.2, 0.25) is 10.0 Å². The van der Waals surface area contributed by atoms with Crippen LogP contribution in [0, 0.1) is 16.7 Å². The minimum Gasteiger partial charge on any atom is -0.317 e. The predicted molar refractivity (Wildman–Crippen MR) is 87.7 cm³/mol. The molecule has 3 unspecified atom stereocenters. The van der Waals surface area contributed by atoms with Crippen LogP contribution in [0.1, 0.15) is 59.8 Å². The van der Waals surface area contributed by atoms with Gasteiger partial charge in [-0.3, -0.25) is 0 Å². The van der Waals surface area contributed by atoms with E-state index in [1.165, 1.54) is 12.8 Å². The minimum absolute atomic E-state index is 0.0871. The monoisotopic (exact) mass is 316 g/mol. The Morgan fingerprint density at radius 3 is 2.48 bits per heavy atom.